The van der Waals surface area contributed by atoms with Gasteiger partial charge in [0, 0.05) is 24.4 Å². The summed E-state index contributed by atoms with van der Waals surface area (Å²) in [4.78, 5) is 27.4. The number of hydrogen-bond acceptors (Lipinski definition) is 4. The molecule has 20 heavy (non-hydrogen) atoms. The fourth-order valence-corrected chi connectivity index (χ4v) is 2.04. The molecule has 3 rings (SSSR count). The van der Waals surface area contributed by atoms with Gasteiger partial charge in [0.2, 0.25) is 5.91 Å². The molecule has 1 aromatic carbocycles. The van der Waals surface area contributed by atoms with Crippen LogP contribution in [0, 0.1) is 0 Å². The van der Waals surface area contributed by atoms with Crippen LogP contribution in [0.25, 0.3) is 10.9 Å². The first-order chi connectivity index (χ1) is 9.74. The van der Waals surface area contributed by atoms with Gasteiger partial charge in [-0.25, -0.2) is 5.43 Å². The number of pyridine rings is 1. The highest BCUT2D eigenvalue weighted by Crippen LogP contribution is 2.20. The lowest BCUT2D eigenvalue weighted by Gasteiger charge is -2.12. The van der Waals surface area contributed by atoms with Gasteiger partial charge in [0.25, 0.3) is 5.91 Å². The van der Waals surface area contributed by atoms with E-state index in [4.69, 9.17) is 0 Å². The van der Waals surface area contributed by atoms with Crippen molar-refractivity contribution in [2.45, 2.75) is 12.8 Å². The van der Waals surface area contributed by atoms with Crippen LogP contribution in [0.1, 0.15) is 12.8 Å². The van der Waals surface area contributed by atoms with Crippen molar-refractivity contribution >= 4 is 34.1 Å². The number of rotatable bonds is 2. The van der Waals surface area contributed by atoms with Crippen molar-refractivity contribution < 1.29 is 9.59 Å². The maximum absolute atomic E-state index is 12.1. The molecule has 0 unspecified atom stereocenters. The van der Waals surface area contributed by atoms with E-state index in [0.717, 1.165) is 10.9 Å². The molecule has 2 heterocycles. The molecular weight excluding hydrogens is 256 g/mol. The average molecular weight is 268 g/mol. The summed E-state index contributed by atoms with van der Waals surface area (Å²) in [5.41, 5.74) is 3.98. The topological polar surface area (TPSA) is 83.5 Å². The van der Waals surface area contributed by atoms with Crippen molar-refractivity contribution in [2.24, 2.45) is 5.10 Å². The molecule has 0 spiro atoms. The maximum atomic E-state index is 12.1. The molecule has 1 aliphatic rings. The maximum Gasteiger partial charge on any atom is 0.271 e. The number of benzene rings is 1. The molecule has 6 heteroatoms. The van der Waals surface area contributed by atoms with Gasteiger partial charge < -0.3 is 5.32 Å². The van der Waals surface area contributed by atoms with Crippen LogP contribution in [0.2, 0.25) is 0 Å². The normalized spacial score (nSPS) is 14.6. The van der Waals surface area contributed by atoms with Crippen molar-refractivity contribution in [3.63, 3.8) is 0 Å². The predicted molar refractivity (Wildman–Crippen MR) is 75.2 cm³/mol. The lowest BCUT2D eigenvalue weighted by atomic mass is 10.1. The molecule has 1 aromatic heterocycles. The van der Waals surface area contributed by atoms with E-state index in [1.807, 2.05) is 24.3 Å². The second-order valence-corrected chi connectivity index (χ2v) is 4.43. The van der Waals surface area contributed by atoms with Crippen LogP contribution in [0.4, 0.5) is 5.69 Å². The lowest BCUT2D eigenvalue weighted by molar-refractivity contribution is -0.121. The molecule has 2 amide bonds. The van der Waals surface area contributed by atoms with E-state index in [9.17, 15) is 9.59 Å². The van der Waals surface area contributed by atoms with Crippen LogP contribution in [-0.4, -0.2) is 22.5 Å². The molecular formula is C14H12N4O2. The van der Waals surface area contributed by atoms with Crippen molar-refractivity contribution in [1.29, 1.82) is 0 Å². The predicted octanol–water partition coefficient (Wildman–Crippen LogP) is 1.44. The Kier molecular flexibility index (Phi) is 3.12. The molecule has 0 saturated heterocycles. The van der Waals surface area contributed by atoms with Gasteiger partial charge in [-0.3, -0.25) is 14.6 Å². The van der Waals surface area contributed by atoms with Gasteiger partial charge in [-0.05, 0) is 12.1 Å². The second-order valence-electron chi connectivity index (χ2n) is 4.43. The van der Waals surface area contributed by atoms with Gasteiger partial charge >= 0.3 is 0 Å². The van der Waals surface area contributed by atoms with E-state index in [1.54, 1.807) is 12.3 Å². The van der Waals surface area contributed by atoms with Crippen LogP contribution in [0.15, 0.2) is 41.6 Å². The van der Waals surface area contributed by atoms with Gasteiger partial charge in [-0.1, -0.05) is 18.2 Å². The highest BCUT2D eigenvalue weighted by molar-refractivity contribution is 6.44. The van der Waals surface area contributed by atoms with Crippen LogP contribution in [0.3, 0.4) is 0 Å². The second kappa shape index (κ2) is 5.08. The summed E-state index contributed by atoms with van der Waals surface area (Å²) in [5.74, 6) is -0.489. The number of carbonyl (C=O) groups excluding carboxylic acids is 2. The number of carbonyl (C=O) groups is 2. The van der Waals surface area contributed by atoms with Crippen LogP contribution < -0.4 is 10.7 Å². The summed E-state index contributed by atoms with van der Waals surface area (Å²) in [6.45, 7) is 0. The van der Waals surface area contributed by atoms with Crippen molar-refractivity contribution in [2.75, 3.05) is 5.32 Å². The summed E-state index contributed by atoms with van der Waals surface area (Å²) in [7, 11) is 0. The highest BCUT2D eigenvalue weighted by atomic mass is 16.2. The largest absolute Gasteiger partial charge is 0.319 e. The zero-order valence-electron chi connectivity index (χ0n) is 10.6. The minimum absolute atomic E-state index is 0.173. The van der Waals surface area contributed by atoms with Gasteiger partial charge in [-0.2, -0.15) is 5.10 Å². The summed E-state index contributed by atoms with van der Waals surface area (Å²) in [6.07, 6.45) is 2.30. The lowest BCUT2D eigenvalue weighted by Crippen LogP contribution is -2.32. The van der Waals surface area contributed by atoms with Gasteiger partial charge in [0.05, 0.1) is 11.2 Å². The van der Waals surface area contributed by atoms with Gasteiger partial charge in [-0.15, -0.1) is 0 Å². The van der Waals surface area contributed by atoms with Crippen molar-refractivity contribution in [3.05, 3.63) is 36.5 Å². The Hall–Kier alpha value is -2.76. The Bertz CT molecular complexity index is 719. The Morgan fingerprint density at radius 2 is 2.05 bits per heavy atom. The number of hydrogen-bond donors (Lipinski definition) is 2. The molecule has 100 valence electrons. The summed E-state index contributed by atoms with van der Waals surface area (Å²) < 4.78 is 0. The Morgan fingerprint density at radius 3 is 2.85 bits per heavy atom. The SMILES string of the molecule is O=C1CCC(C(=O)Nc2cccc3cccnc23)=NN1. The molecule has 0 radical (unpaired) electrons. The molecule has 1 aliphatic heterocycles. The molecule has 0 saturated carbocycles. The number of amides is 2. The number of anilines is 1. The van der Waals surface area contributed by atoms with Crippen LogP contribution in [0.5, 0.6) is 0 Å². The molecule has 6 nitrogen and oxygen atoms in total. The van der Waals surface area contributed by atoms with Crippen molar-refractivity contribution in [1.82, 2.24) is 10.4 Å². The summed E-state index contributed by atoms with van der Waals surface area (Å²) >= 11 is 0. The van der Waals surface area contributed by atoms with E-state index >= 15 is 0 Å². The number of nitrogens with zero attached hydrogens (tertiary/aromatic N) is 2. The number of nitrogens with one attached hydrogen (secondary N) is 2. The monoisotopic (exact) mass is 268 g/mol. The molecule has 2 N–H and O–H groups in total. The number of hydrazone groups is 1. The number of fused-ring (bicyclic) bond motifs is 1. The number of aromatic nitrogens is 1. The Labute approximate surface area is 114 Å². The van der Waals surface area contributed by atoms with E-state index in [2.05, 4.69) is 20.8 Å². The minimum atomic E-state index is -0.317. The van der Waals surface area contributed by atoms with Gasteiger partial charge in [0.1, 0.15) is 5.71 Å². The van der Waals surface area contributed by atoms with Crippen LogP contribution in [-0.2, 0) is 9.59 Å². The quantitative estimate of drug-likeness (QED) is 0.864. The third-order valence-electron chi connectivity index (χ3n) is 3.05. The molecule has 0 fully saturated rings. The van der Waals surface area contributed by atoms with Crippen molar-refractivity contribution in [3.8, 4) is 0 Å². The van der Waals surface area contributed by atoms with E-state index in [-0.39, 0.29) is 18.2 Å². The standard InChI is InChI=1S/C14H12N4O2/c19-12-7-6-11(17-18-12)14(20)16-10-5-1-3-9-4-2-8-15-13(9)10/h1-5,8H,6-7H2,(H,16,20)(H,18,19). The molecule has 0 atom stereocenters. The zero-order valence-corrected chi connectivity index (χ0v) is 10.6. The van der Waals surface area contributed by atoms with Gasteiger partial charge in [0.15, 0.2) is 0 Å². The average Bonchev–Trinajstić information content (AvgIpc) is 2.48. The third-order valence-corrected chi connectivity index (χ3v) is 3.05. The molecule has 0 bridgehead atoms. The fraction of sp³-hybridized carbons (Fsp3) is 0.143. The summed E-state index contributed by atoms with van der Waals surface area (Å²) in [6, 6.07) is 9.33. The first kappa shape index (κ1) is 12.3. The summed E-state index contributed by atoms with van der Waals surface area (Å²) in [5, 5.41) is 7.51. The van der Waals surface area contributed by atoms with Crippen LogP contribution >= 0.6 is 0 Å². The minimum Gasteiger partial charge on any atom is -0.319 e. The molecule has 2 aromatic rings. The smallest absolute Gasteiger partial charge is 0.271 e. The fourth-order valence-electron chi connectivity index (χ4n) is 2.04. The van der Waals surface area contributed by atoms with E-state index in [0.29, 0.717) is 17.8 Å². The van der Waals surface area contributed by atoms with E-state index < -0.39 is 0 Å². The Balaban J connectivity index is 1.86. The zero-order chi connectivity index (χ0) is 13.9. The number of para-hydroxylation sites is 1. The van der Waals surface area contributed by atoms with E-state index in [1.165, 1.54) is 0 Å². The first-order valence-electron chi connectivity index (χ1n) is 6.24. The first-order valence-corrected chi connectivity index (χ1v) is 6.24. The molecule has 0 aliphatic carbocycles. The third kappa shape index (κ3) is 2.35. The highest BCUT2D eigenvalue weighted by Gasteiger charge is 2.18. The Morgan fingerprint density at radius 1 is 1.20 bits per heavy atom.